The number of rotatable bonds is 5. The monoisotopic (exact) mass is 389 g/mol. The molecule has 2 aromatic heterocycles. The molecule has 0 saturated carbocycles. The third kappa shape index (κ3) is 3.78. The number of hydrogen-bond acceptors (Lipinski definition) is 2. The van der Waals surface area contributed by atoms with Crippen molar-refractivity contribution in [3.05, 3.63) is 89.2 Å². The van der Waals surface area contributed by atoms with Crippen LogP contribution in [0.25, 0.3) is 16.8 Å². The number of aryl methyl sites for hydroxylation is 1. The lowest BCUT2D eigenvalue weighted by molar-refractivity contribution is -0.115. The number of aromatic nitrogens is 2. The number of nitrogens with one attached hydrogen (secondary N) is 1. The number of hydrogen-bond donors (Lipinski definition) is 1. The summed E-state index contributed by atoms with van der Waals surface area (Å²) in [5.41, 5.74) is 4.83. The van der Waals surface area contributed by atoms with Crippen molar-refractivity contribution < 1.29 is 4.79 Å². The standard InChI is InChI=1S/C23H20ClN3O/c1-2-20-23(27-13-12-19(24)15-21(27)25-20)26-22(28)14-16-8-10-18(11-9-16)17-6-4-3-5-7-17/h3-13,15H,2,14H2,1H3,(H,26,28). The minimum Gasteiger partial charge on any atom is -0.310 e. The SMILES string of the molecule is CCc1nc2cc(Cl)ccn2c1NC(=O)Cc1ccc(-c2ccccc2)cc1. The second-order valence-electron chi connectivity index (χ2n) is 6.62. The Hall–Kier alpha value is -3.11. The Morgan fingerprint density at radius 2 is 1.75 bits per heavy atom. The van der Waals surface area contributed by atoms with E-state index in [2.05, 4.69) is 22.4 Å². The maximum absolute atomic E-state index is 12.6. The molecule has 140 valence electrons. The maximum Gasteiger partial charge on any atom is 0.229 e. The third-order valence-corrected chi connectivity index (χ3v) is 4.91. The molecule has 28 heavy (non-hydrogen) atoms. The van der Waals surface area contributed by atoms with Crippen LogP contribution in [0.1, 0.15) is 18.2 Å². The highest BCUT2D eigenvalue weighted by atomic mass is 35.5. The molecule has 1 amide bonds. The number of imidazole rings is 1. The van der Waals surface area contributed by atoms with Gasteiger partial charge in [0.15, 0.2) is 0 Å². The molecular formula is C23H20ClN3O. The molecule has 0 atom stereocenters. The van der Waals surface area contributed by atoms with Crippen LogP contribution in [0.3, 0.4) is 0 Å². The van der Waals surface area contributed by atoms with Gasteiger partial charge in [-0.3, -0.25) is 9.20 Å². The van der Waals surface area contributed by atoms with Gasteiger partial charge in [0.25, 0.3) is 0 Å². The van der Waals surface area contributed by atoms with E-state index in [0.717, 1.165) is 34.5 Å². The smallest absolute Gasteiger partial charge is 0.229 e. The highest BCUT2D eigenvalue weighted by Gasteiger charge is 2.14. The van der Waals surface area contributed by atoms with Crippen LogP contribution in [-0.4, -0.2) is 15.3 Å². The van der Waals surface area contributed by atoms with Gasteiger partial charge in [0.05, 0.1) is 12.1 Å². The van der Waals surface area contributed by atoms with Gasteiger partial charge in [0.2, 0.25) is 5.91 Å². The van der Waals surface area contributed by atoms with E-state index in [9.17, 15) is 4.79 Å². The Labute approximate surface area is 168 Å². The third-order valence-electron chi connectivity index (χ3n) is 4.68. The molecule has 5 heteroatoms. The molecule has 0 aliphatic rings. The zero-order valence-corrected chi connectivity index (χ0v) is 16.3. The molecule has 4 aromatic rings. The second kappa shape index (κ2) is 7.87. The predicted molar refractivity (Wildman–Crippen MR) is 114 cm³/mol. The summed E-state index contributed by atoms with van der Waals surface area (Å²) >= 11 is 6.05. The fraction of sp³-hybridized carbons (Fsp3) is 0.130. The summed E-state index contributed by atoms with van der Waals surface area (Å²) < 4.78 is 1.86. The minimum atomic E-state index is -0.0705. The maximum atomic E-state index is 12.6. The number of anilines is 1. The summed E-state index contributed by atoms with van der Waals surface area (Å²) in [6.45, 7) is 2.02. The Bertz CT molecular complexity index is 1120. The molecule has 0 saturated heterocycles. The van der Waals surface area contributed by atoms with Gasteiger partial charge in [-0.15, -0.1) is 0 Å². The van der Waals surface area contributed by atoms with E-state index in [0.29, 0.717) is 17.3 Å². The number of halogens is 1. The largest absolute Gasteiger partial charge is 0.310 e. The normalized spacial score (nSPS) is 10.9. The minimum absolute atomic E-state index is 0.0705. The fourth-order valence-electron chi connectivity index (χ4n) is 3.25. The number of nitrogens with zero attached hydrogens (tertiary/aromatic N) is 2. The summed E-state index contributed by atoms with van der Waals surface area (Å²) in [5, 5.41) is 3.64. The summed E-state index contributed by atoms with van der Waals surface area (Å²) in [5.74, 6) is 0.638. The summed E-state index contributed by atoms with van der Waals surface area (Å²) in [7, 11) is 0. The number of carbonyl (C=O) groups excluding carboxylic acids is 1. The van der Waals surface area contributed by atoms with Crippen LogP contribution in [0, 0.1) is 0 Å². The first-order chi connectivity index (χ1) is 13.6. The van der Waals surface area contributed by atoms with E-state index >= 15 is 0 Å². The summed E-state index contributed by atoms with van der Waals surface area (Å²) in [4.78, 5) is 17.2. The molecule has 0 fully saturated rings. The van der Waals surface area contributed by atoms with Crippen LogP contribution in [0.2, 0.25) is 5.02 Å². The van der Waals surface area contributed by atoms with E-state index in [1.165, 1.54) is 0 Å². The van der Waals surface area contributed by atoms with Crippen molar-refractivity contribution in [3.63, 3.8) is 0 Å². The van der Waals surface area contributed by atoms with Gasteiger partial charge in [-0.05, 0) is 29.2 Å². The molecular weight excluding hydrogens is 370 g/mol. The molecule has 1 N–H and O–H groups in total. The molecule has 0 aliphatic carbocycles. The van der Waals surface area contributed by atoms with Gasteiger partial charge in [-0.1, -0.05) is 73.1 Å². The summed E-state index contributed by atoms with van der Waals surface area (Å²) in [6.07, 6.45) is 2.85. The van der Waals surface area contributed by atoms with Gasteiger partial charge in [-0.25, -0.2) is 4.98 Å². The fourth-order valence-corrected chi connectivity index (χ4v) is 3.41. The van der Waals surface area contributed by atoms with E-state index in [1.807, 2.05) is 60.0 Å². The number of pyridine rings is 1. The average molecular weight is 390 g/mol. The van der Waals surface area contributed by atoms with E-state index in [4.69, 9.17) is 11.6 Å². The van der Waals surface area contributed by atoms with E-state index in [1.54, 1.807) is 12.1 Å². The van der Waals surface area contributed by atoms with E-state index in [-0.39, 0.29) is 5.91 Å². The van der Waals surface area contributed by atoms with Crippen molar-refractivity contribution in [3.8, 4) is 11.1 Å². The van der Waals surface area contributed by atoms with Crippen molar-refractivity contribution >= 4 is 29.0 Å². The van der Waals surface area contributed by atoms with Crippen LogP contribution >= 0.6 is 11.6 Å². The van der Waals surface area contributed by atoms with Crippen molar-refractivity contribution in [2.75, 3.05) is 5.32 Å². The lowest BCUT2D eigenvalue weighted by Crippen LogP contribution is -2.16. The van der Waals surface area contributed by atoms with Gasteiger partial charge in [-0.2, -0.15) is 0 Å². The number of amides is 1. The second-order valence-corrected chi connectivity index (χ2v) is 7.06. The molecule has 0 aliphatic heterocycles. The van der Waals surface area contributed by atoms with Crippen molar-refractivity contribution in [2.45, 2.75) is 19.8 Å². The van der Waals surface area contributed by atoms with Gasteiger partial charge in [0, 0.05) is 17.3 Å². The zero-order valence-electron chi connectivity index (χ0n) is 15.5. The highest BCUT2D eigenvalue weighted by Crippen LogP contribution is 2.23. The van der Waals surface area contributed by atoms with Crippen LogP contribution in [-0.2, 0) is 17.6 Å². The van der Waals surface area contributed by atoms with Gasteiger partial charge >= 0.3 is 0 Å². The van der Waals surface area contributed by atoms with E-state index < -0.39 is 0 Å². The van der Waals surface area contributed by atoms with Gasteiger partial charge in [0.1, 0.15) is 11.5 Å². The molecule has 0 unspecified atom stereocenters. The molecule has 4 rings (SSSR count). The summed E-state index contributed by atoms with van der Waals surface area (Å²) in [6, 6.07) is 21.9. The van der Waals surface area contributed by atoms with Crippen LogP contribution in [0.15, 0.2) is 72.9 Å². The zero-order chi connectivity index (χ0) is 19.5. The Balaban J connectivity index is 1.51. The first-order valence-electron chi connectivity index (χ1n) is 9.24. The lowest BCUT2D eigenvalue weighted by atomic mass is 10.0. The lowest BCUT2D eigenvalue weighted by Gasteiger charge is -2.08. The van der Waals surface area contributed by atoms with Gasteiger partial charge < -0.3 is 5.32 Å². The molecule has 2 heterocycles. The first-order valence-corrected chi connectivity index (χ1v) is 9.62. The molecule has 4 nitrogen and oxygen atoms in total. The van der Waals surface area contributed by atoms with Crippen LogP contribution in [0.5, 0.6) is 0 Å². The van der Waals surface area contributed by atoms with Crippen molar-refractivity contribution in [2.24, 2.45) is 0 Å². The quantitative estimate of drug-likeness (QED) is 0.496. The number of benzene rings is 2. The molecule has 0 radical (unpaired) electrons. The van der Waals surface area contributed by atoms with Crippen molar-refractivity contribution in [1.82, 2.24) is 9.38 Å². The molecule has 0 spiro atoms. The molecule has 2 aromatic carbocycles. The van der Waals surface area contributed by atoms with Crippen molar-refractivity contribution in [1.29, 1.82) is 0 Å². The Morgan fingerprint density at radius 3 is 2.46 bits per heavy atom. The topological polar surface area (TPSA) is 46.4 Å². The first kappa shape index (κ1) is 18.3. The van der Waals surface area contributed by atoms with Crippen LogP contribution in [0.4, 0.5) is 5.82 Å². The van der Waals surface area contributed by atoms with Crippen LogP contribution < -0.4 is 5.32 Å². The Kier molecular flexibility index (Phi) is 5.13. The predicted octanol–water partition coefficient (Wildman–Crippen LogP) is 5.40. The number of fused-ring (bicyclic) bond motifs is 1. The highest BCUT2D eigenvalue weighted by molar-refractivity contribution is 6.30. The molecule has 0 bridgehead atoms. The number of carbonyl (C=O) groups is 1. The Morgan fingerprint density at radius 1 is 1.04 bits per heavy atom. The average Bonchev–Trinajstić information content (AvgIpc) is 3.05.